The van der Waals surface area contributed by atoms with Crippen molar-refractivity contribution in [1.82, 2.24) is 14.8 Å². The Morgan fingerprint density at radius 2 is 2.14 bits per heavy atom. The van der Waals surface area contributed by atoms with Gasteiger partial charge in [0.1, 0.15) is 12.7 Å². The summed E-state index contributed by atoms with van der Waals surface area (Å²) in [6.45, 7) is 1.26. The van der Waals surface area contributed by atoms with Crippen LogP contribution in [-0.4, -0.2) is 27.2 Å². The predicted molar refractivity (Wildman–Crippen MR) is 84.1 cm³/mol. The molecule has 0 saturated heterocycles. The Morgan fingerprint density at radius 1 is 1.32 bits per heavy atom. The van der Waals surface area contributed by atoms with Crippen molar-refractivity contribution in [3.05, 3.63) is 42.5 Å². The summed E-state index contributed by atoms with van der Waals surface area (Å²) in [5.74, 6) is 0.475. The third-order valence-corrected chi connectivity index (χ3v) is 4.33. The topological polar surface area (TPSA) is 85.8 Å². The van der Waals surface area contributed by atoms with Crippen LogP contribution in [0.3, 0.4) is 0 Å². The van der Waals surface area contributed by atoms with Crippen molar-refractivity contribution in [2.75, 3.05) is 11.9 Å². The summed E-state index contributed by atoms with van der Waals surface area (Å²) in [6.07, 6.45) is 6.30. The largest absolute Gasteiger partial charge is 0.330 e. The molecular formula is C16H21N5O. The van der Waals surface area contributed by atoms with E-state index in [4.69, 9.17) is 5.73 Å². The highest BCUT2D eigenvalue weighted by Gasteiger charge is 2.31. The van der Waals surface area contributed by atoms with Gasteiger partial charge in [-0.05, 0) is 43.0 Å². The first-order valence-corrected chi connectivity index (χ1v) is 7.68. The van der Waals surface area contributed by atoms with Gasteiger partial charge in [0.15, 0.2) is 0 Å². The van der Waals surface area contributed by atoms with Crippen LogP contribution in [0.4, 0.5) is 5.69 Å². The van der Waals surface area contributed by atoms with Gasteiger partial charge in [-0.25, -0.2) is 9.67 Å². The average molecular weight is 299 g/mol. The van der Waals surface area contributed by atoms with Crippen molar-refractivity contribution >= 4 is 11.6 Å². The smallest absolute Gasteiger partial charge is 0.227 e. The molecule has 0 bridgehead atoms. The highest BCUT2D eigenvalue weighted by atomic mass is 16.1. The Kier molecular flexibility index (Phi) is 4.48. The molecule has 0 aliphatic heterocycles. The second-order valence-corrected chi connectivity index (χ2v) is 5.81. The number of nitrogens with two attached hydrogens (primary N) is 1. The minimum atomic E-state index is 0.0554. The Hall–Kier alpha value is -2.21. The lowest BCUT2D eigenvalue weighted by molar-refractivity contribution is -0.120. The molecule has 1 amide bonds. The van der Waals surface area contributed by atoms with Crippen LogP contribution in [0, 0.1) is 11.8 Å². The van der Waals surface area contributed by atoms with Gasteiger partial charge in [0.2, 0.25) is 5.91 Å². The molecule has 1 aliphatic rings. The minimum absolute atomic E-state index is 0.0554. The Labute approximate surface area is 129 Å². The summed E-state index contributed by atoms with van der Waals surface area (Å²) < 4.78 is 1.76. The summed E-state index contributed by atoms with van der Waals surface area (Å²) in [4.78, 5) is 16.3. The minimum Gasteiger partial charge on any atom is -0.330 e. The highest BCUT2D eigenvalue weighted by molar-refractivity contribution is 5.92. The number of carbonyl (C=O) groups excluding carboxylic acids is 1. The maximum Gasteiger partial charge on any atom is 0.227 e. The second-order valence-electron chi connectivity index (χ2n) is 5.81. The molecule has 0 radical (unpaired) electrons. The van der Waals surface area contributed by atoms with E-state index in [-0.39, 0.29) is 11.8 Å². The molecule has 6 nitrogen and oxygen atoms in total. The fourth-order valence-corrected chi connectivity index (χ4v) is 3.09. The molecule has 1 fully saturated rings. The van der Waals surface area contributed by atoms with Gasteiger partial charge < -0.3 is 11.1 Å². The Bertz CT molecular complexity index is 608. The van der Waals surface area contributed by atoms with Gasteiger partial charge in [0, 0.05) is 11.6 Å². The molecule has 0 spiro atoms. The van der Waals surface area contributed by atoms with Crippen LogP contribution in [0.25, 0.3) is 0 Å². The van der Waals surface area contributed by atoms with Crippen LogP contribution in [0.5, 0.6) is 0 Å². The molecule has 22 heavy (non-hydrogen) atoms. The Morgan fingerprint density at radius 3 is 2.82 bits per heavy atom. The number of anilines is 1. The van der Waals surface area contributed by atoms with Crippen molar-refractivity contribution in [2.45, 2.75) is 25.8 Å². The lowest BCUT2D eigenvalue weighted by Crippen LogP contribution is -2.29. The summed E-state index contributed by atoms with van der Waals surface area (Å²) in [7, 11) is 0. The standard InChI is InChI=1S/C16H21N5O/c17-8-13-2-1-3-15(13)16(22)20-14-6-4-12(5-7-14)9-21-11-18-10-19-21/h4-7,10-11,13,15H,1-3,8-9,17H2,(H,20,22)/t13-,15-/m1/s1. The Balaban J connectivity index is 1.60. The van der Waals surface area contributed by atoms with Crippen molar-refractivity contribution < 1.29 is 4.79 Å². The van der Waals surface area contributed by atoms with E-state index < -0.39 is 0 Å². The number of nitrogens with one attached hydrogen (secondary N) is 1. The molecule has 6 heteroatoms. The lowest BCUT2D eigenvalue weighted by atomic mass is 9.95. The third-order valence-electron chi connectivity index (χ3n) is 4.33. The molecular weight excluding hydrogens is 278 g/mol. The van der Waals surface area contributed by atoms with E-state index in [0.717, 1.165) is 30.5 Å². The van der Waals surface area contributed by atoms with Gasteiger partial charge in [-0.3, -0.25) is 4.79 Å². The summed E-state index contributed by atoms with van der Waals surface area (Å²) in [6, 6.07) is 7.84. The molecule has 3 rings (SSSR count). The third kappa shape index (κ3) is 3.33. The number of aromatic nitrogens is 3. The van der Waals surface area contributed by atoms with Crippen LogP contribution in [0.1, 0.15) is 24.8 Å². The quantitative estimate of drug-likeness (QED) is 0.879. The molecule has 2 atom stereocenters. The van der Waals surface area contributed by atoms with E-state index in [1.165, 1.54) is 6.33 Å². The molecule has 1 heterocycles. The number of benzene rings is 1. The first-order valence-electron chi connectivity index (χ1n) is 7.68. The first-order chi connectivity index (χ1) is 10.8. The lowest BCUT2D eigenvalue weighted by Gasteiger charge is -2.17. The maximum absolute atomic E-state index is 12.3. The van der Waals surface area contributed by atoms with Crippen molar-refractivity contribution in [2.24, 2.45) is 17.6 Å². The number of nitrogens with zero attached hydrogens (tertiary/aromatic N) is 3. The molecule has 1 aliphatic carbocycles. The van der Waals surface area contributed by atoms with Gasteiger partial charge in [0.05, 0.1) is 6.54 Å². The molecule has 3 N–H and O–H groups in total. The molecule has 116 valence electrons. The van der Waals surface area contributed by atoms with Crippen molar-refractivity contribution in [3.8, 4) is 0 Å². The second kappa shape index (κ2) is 6.70. The zero-order chi connectivity index (χ0) is 15.4. The summed E-state index contributed by atoms with van der Waals surface area (Å²) >= 11 is 0. The normalized spacial score (nSPS) is 21.0. The molecule has 1 aromatic carbocycles. The monoisotopic (exact) mass is 299 g/mol. The zero-order valence-electron chi connectivity index (χ0n) is 12.5. The number of amides is 1. The summed E-state index contributed by atoms with van der Waals surface area (Å²) in [5, 5.41) is 7.08. The van der Waals surface area contributed by atoms with E-state index in [1.807, 2.05) is 24.3 Å². The molecule has 2 aromatic rings. The molecule has 1 saturated carbocycles. The number of rotatable bonds is 5. The highest BCUT2D eigenvalue weighted by Crippen LogP contribution is 2.31. The number of hydrogen-bond acceptors (Lipinski definition) is 4. The van der Waals surface area contributed by atoms with Gasteiger partial charge in [-0.15, -0.1) is 0 Å². The van der Waals surface area contributed by atoms with Crippen LogP contribution in [0.15, 0.2) is 36.9 Å². The maximum atomic E-state index is 12.3. The summed E-state index contributed by atoms with van der Waals surface area (Å²) in [5.41, 5.74) is 7.69. The van der Waals surface area contributed by atoms with Crippen LogP contribution in [-0.2, 0) is 11.3 Å². The first kappa shape index (κ1) is 14.7. The van der Waals surface area contributed by atoms with Crippen LogP contribution in [0.2, 0.25) is 0 Å². The molecule has 0 unspecified atom stereocenters. The van der Waals surface area contributed by atoms with Gasteiger partial charge in [-0.2, -0.15) is 5.10 Å². The van der Waals surface area contributed by atoms with E-state index in [1.54, 1.807) is 11.0 Å². The van der Waals surface area contributed by atoms with Crippen LogP contribution < -0.4 is 11.1 Å². The van der Waals surface area contributed by atoms with Gasteiger partial charge in [0.25, 0.3) is 0 Å². The SMILES string of the molecule is NC[C@H]1CCC[C@H]1C(=O)Nc1ccc(Cn2cncn2)cc1. The predicted octanol–water partition coefficient (Wildman–Crippen LogP) is 1.64. The van der Waals surface area contributed by atoms with Crippen molar-refractivity contribution in [3.63, 3.8) is 0 Å². The zero-order valence-corrected chi connectivity index (χ0v) is 12.5. The van der Waals surface area contributed by atoms with E-state index in [2.05, 4.69) is 15.4 Å². The van der Waals surface area contributed by atoms with E-state index >= 15 is 0 Å². The van der Waals surface area contributed by atoms with Crippen LogP contribution >= 0.6 is 0 Å². The van der Waals surface area contributed by atoms with E-state index in [0.29, 0.717) is 19.0 Å². The van der Waals surface area contributed by atoms with Crippen molar-refractivity contribution in [1.29, 1.82) is 0 Å². The molecule has 1 aromatic heterocycles. The number of hydrogen-bond donors (Lipinski definition) is 2. The van der Waals surface area contributed by atoms with Gasteiger partial charge >= 0.3 is 0 Å². The van der Waals surface area contributed by atoms with E-state index in [9.17, 15) is 4.79 Å². The fourth-order valence-electron chi connectivity index (χ4n) is 3.09. The fraction of sp³-hybridized carbons (Fsp3) is 0.438. The van der Waals surface area contributed by atoms with Gasteiger partial charge in [-0.1, -0.05) is 18.6 Å². The number of carbonyl (C=O) groups is 1. The average Bonchev–Trinajstić information content (AvgIpc) is 3.20.